The summed E-state index contributed by atoms with van der Waals surface area (Å²) < 4.78 is 0. The van der Waals surface area contributed by atoms with E-state index in [0.717, 1.165) is 18.8 Å². The molecule has 3 nitrogen and oxygen atoms in total. The van der Waals surface area contributed by atoms with E-state index in [1.165, 1.54) is 19.3 Å². The molecule has 0 spiro atoms. The van der Waals surface area contributed by atoms with Crippen molar-refractivity contribution in [2.24, 2.45) is 5.92 Å². The molecule has 2 N–H and O–H groups in total. The van der Waals surface area contributed by atoms with Gasteiger partial charge in [-0.1, -0.05) is 26.2 Å². The lowest BCUT2D eigenvalue weighted by atomic mass is 9.84. The number of carboxylic acid groups (broad SMARTS) is 1. The van der Waals surface area contributed by atoms with Crippen molar-refractivity contribution in [1.82, 2.24) is 5.32 Å². The molecule has 1 aliphatic carbocycles. The van der Waals surface area contributed by atoms with Gasteiger partial charge in [-0.05, 0) is 18.8 Å². The predicted molar refractivity (Wildman–Crippen MR) is 47.2 cm³/mol. The second-order valence-corrected chi connectivity index (χ2v) is 3.59. The van der Waals surface area contributed by atoms with E-state index in [0.29, 0.717) is 0 Å². The third-order valence-electron chi connectivity index (χ3n) is 2.69. The van der Waals surface area contributed by atoms with Gasteiger partial charge >= 0.3 is 6.09 Å². The average Bonchev–Trinajstić information content (AvgIpc) is 2.03. The van der Waals surface area contributed by atoms with Crippen LogP contribution in [0.2, 0.25) is 0 Å². The van der Waals surface area contributed by atoms with E-state index in [2.05, 4.69) is 12.2 Å². The Hall–Kier alpha value is -0.730. The van der Waals surface area contributed by atoms with E-state index in [4.69, 9.17) is 5.11 Å². The smallest absolute Gasteiger partial charge is 0.404 e. The minimum absolute atomic E-state index is 0.209. The number of rotatable bonds is 2. The Kier molecular flexibility index (Phi) is 3.38. The van der Waals surface area contributed by atoms with Crippen LogP contribution in [-0.2, 0) is 0 Å². The SMILES string of the molecule is CCC1CCCC(NC(=O)O)C1. The molecule has 0 aromatic heterocycles. The van der Waals surface area contributed by atoms with Crippen molar-refractivity contribution in [3.63, 3.8) is 0 Å². The van der Waals surface area contributed by atoms with E-state index in [1.807, 2.05) is 0 Å². The first-order valence-corrected chi connectivity index (χ1v) is 4.71. The number of hydrogen-bond donors (Lipinski definition) is 2. The first-order valence-electron chi connectivity index (χ1n) is 4.71. The van der Waals surface area contributed by atoms with Crippen LogP contribution in [0.1, 0.15) is 39.0 Å². The maximum absolute atomic E-state index is 10.4. The van der Waals surface area contributed by atoms with Crippen LogP contribution in [-0.4, -0.2) is 17.2 Å². The molecular formula is C9H17NO2. The third kappa shape index (κ3) is 2.72. The predicted octanol–water partition coefficient (Wildman–Crippen LogP) is 2.22. The maximum Gasteiger partial charge on any atom is 0.404 e. The third-order valence-corrected chi connectivity index (χ3v) is 2.69. The summed E-state index contributed by atoms with van der Waals surface area (Å²) in [5.74, 6) is 0.732. The highest BCUT2D eigenvalue weighted by Crippen LogP contribution is 2.26. The van der Waals surface area contributed by atoms with Crippen LogP contribution in [0.15, 0.2) is 0 Å². The fourth-order valence-corrected chi connectivity index (χ4v) is 1.97. The van der Waals surface area contributed by atoms with Crippen LogP contribution in [0, 0.1) is 5.92 Å². The van der Waals surface area contributed by atoms with Gasteiger partial charge in [0.2, 0.25) is 0 Å². The molecule has 70 valence electrons. The quantitative estimate of drug-likeness (QED) is 0.669. The van der Waals surface area contributed by atoms with E-state index >= 15 is 0 Å². The molecule has 2 unspecified atom stereocenters. The van der Waals surface area contributed by atoms with Crippen molar-refractivity contribution in [2.45, 2.75) is 45.1 Å². The molecule has 0 saturated heterocycles. The Morgan fingerprint density at radius 1 is 1.58 bits per heavy atom. The van der Waals surface area contributed by atoms with Gasteiger partial charge in [0.25, 0.3) is 0 Å². The lowest BCUT2D eigenvalue weighted by Crippen LogP contribution is -2.37. The molecule has 0 radical (unpaired) electrons. The highest BCUT2D eigenvalue weighted by Gasteiger charge is 2.21. The summed E-state index contributed by atoms with van der Waals surface area (Å²) in [4.78, 5) is 10.4. The molecule has 1 amide bonds. The molecule has 2 atom stereocenters. The minimum Gasteiger partial charge on any atom is -0.465 e. The molecule has 3 heteroatoms. The standard InChI is InChI=1S/C9H17NO2/c1-2-7-4-3-5-8(6-7)10-9(11)12/h7-8,10H,2-6H2,1H3,(H,11,12). The molecule has 0 heterocycles. The van der Waals surface area contributed by atoms with Gasteiger partial charge in [0.1, 0.15) is 0 Å². The summed E-state index contributed by atoms with van der Waals surface area (Å²) in [6.07, 6.45) is 4.79. The summed E-state index contributed by atoms with van der Waals surface area (Å²) in [7, 11) is 0. The average molecular weight is 171 g/mol. The normalized spacial score (nSPS) is 29.8. The van der Waals surface area contributed by atoms with Crippen LogP contribution in [0.5, 0.6) is 0 Å². The zero-order chi connectivity index (χ0) is 8.97. The van der Waals surface area contributed by atoms with Gasteiger partial charge in [0.15, 0.2) is 0 Å². The van der Waals surface area contributed by atoms with Crippen molar-refractivity contribution in [3.8, 4) is 0 Å². The molecule has 0 aromatic rings. The van der Waals surface area contributed by atoms with Crippen molar-refractivity contribution in [3.05, 3.63) is 0 Å². The van der Waals surface area contributed by atoms with Crippen LogP contribution < -0.4 is 5.32 Å². The first kappa shape index (κ1) is 9.36. The highest BCUT2D eigenvalue weighted by atomic mass is 16.4. The van der Waals surface area contributed by atoms with Crippen LogP contribution in [0.3, 0.4) is 0 Å². The molecule has 1 aliphatic rings. The van der Waals surface area contributed by atoms with Crippen LogP contribution in [0.25, 0.3) is 0 Å². The Morgan fingerprint density at radius 2 is 2.33 bits per heavy atom. The summed E-state index contributed by atoms with van der Waals surface area (Å²) in [6.45, 7) is 2.17. The van der Waals surface area contributed by atoms with Crippen LogP contribution in [0.4, 0.5) is 4.79 Å². The Balaban J connectivity index is 2.30. The van der Waals surface area contributed by atoms with E-state index in [9.17, 15) is 4.79 Å². The number of carbonyl (C=O) groups is 1. The monoisotopic (exact) mass is 171 g/mol. The molecule has 0 aliphatic heterocycles. The molecule has 1 rings (SSSR count). The van der Waals surface area contributed by atoms with Gasteiger partial charge in [0, 0.05) is 6.04 Å². The van der Waals surface area contributed by atoms with Gasteiger partial charge in [-0.2, -0.15) is 0 Å². The van der Waals surface area contributed by atoms with Gasteiger partial charge in [0.05, 0.1) is 0 Å². The highest BCUT2D eigenvalue weighted by molar-refractivity contribution is 5.64. The molecule has 0 bridgehead atoms. The molecule has 1 fully saturated rings. The van der Waals surface area contributed by atoms with Gasteiger partial charge in [-0.15, -0.1) is 0 Å². The summed E-state index contributed by atoms with van der Waals surface area (Å²) >= 11 is 0. The summed E-state index contributed by atoms with van der Waals surface area (Å²) in [6, 6.07) is 0.209. The van der Waals surface area contributed by atoms with Gasteiger partial charge in [-0.25, -0.2) is 4.79 Å². The van der Waals surface area contributed by atoms with Gasteiger partial charge in [-0.3, -0.25) is 0 Å². The van der Waals surface area contributed by atoms with Crippen LogP contribution >= 0.6 is 0 Å². The number of nitrogens with one attached hydrogen (secondary N) is 1. The van der Waals surface area contributed by atoms with Gasteiger partial charge < -0.3 is 10.4 Å². The lowest BCUT2D eigenvalue weighted by Gasteiger charge is -2.27. The Morgan fingerprint density at radius 3 is 2.92 bits per heavy atom. The zero-order valence-corrected chi connectivity index (χ0v) is 7.55. The first-order chi connectivity index (χ1) is 5.72. The molecule has 12 heavy (non-hydrogen) atoms. The maximum atomic E-state index is 10.4. The zero-order valence-electron chi connectivity index (χ0n) is 7.55. The largest absolute Gasteiger partial charge is 0.465 e. The Labute approximate surface area is 73.2 Å². The number of hydrogen-bond acceptors (Lipinski definition) is 1. The molecular weight excluding hydrogens is 154 g/mol. The van der Waals surface area contributed by atoms with Crippen molar-refractivity contribution < 1.29 is 9.90 Å². The summed E-state index contributed by atoms with van der Waals surface area (Å²) in [5, 5.41) is 11.1. The molecule has 1 saturated carbocycles. The second kappa shape index (κ2) is 4.33. The van der Waals surface area contributed by atoms with E-state index in [-0.39, 0.29) is 6.04 Å². The topological polar surface area (TPSA) is 49.3 Å². The second-order valence-electron chi connectivity index (χ2n) is 3.59. The van der Waals surface area contributed by atoms with Crippen molar-refractivity contribution in [2.75, 3.05) is 0 Å². The fraction of sp³-hybridized carbons (Fsp3) is 0.889. The van der Waals surface area contributed by atoms with Crippen molar-refractivity contribution in [1.29, 1.82) is 0 Å². The molecule has 0 aromatic carbocycles. The van der Waals surface area contributed by atoms with E-state index < -0.39 is 6.09 Å². The summed E-state index contributed by atoms with van der Waals surface area (Å²) in [5.41, 5.74) is 0. The van der Waals surface area contributed by atoms with Crippen molar-refractivity contribution >= 4 is 6.09 Å². The lowest BCUT2D eigenvalue weighted by molar-refractivity contribution is 0.180. The fourth-order valence-electron chi connectivity index (χ4n) is 1.97. The minimum atomic E-state index is -0.878. The van der Waals surface area contributed by atoms with E-state index in [1.54, 1.807) is 0 Å². The number of amides is 1. The Bertz CT molecular complexity index is 159.